The molecule has 9 heteroatoms. The maximum absolute atomic E-state index is 13.7. The fraction of sp³-hybridized carbons (Fsp3) is 0.500. The van der Waals surface area contributed by atoms with Crippen molar-refractivity contribution >= 4 is 42.6 Å². The molecule has 1 aromatic heterocycles. The van der Waals surface area contributed by atoms with Crippen molar-refractivity contribution in [1.29, 1.82) is 0 Å². The number of carbonyl (C=O) groups excluding carboxylic acids is 1. The minimum atomic E-state index is -3.59. The molecule has 1 unspecified atom stereocenters. The van der Waals surface area contributed by atoms with Gasteiger partial charge in [-0.3, -0.25) is 9.69 Å². The van der Waals surface area contributed by atoms with Gasteiger partial charge in [-0.2, -0.15) is 4.31 Å². The molecular formula is C28H38N4O3S2. The fourth-order valence-electron chi connectivity index (χ4n) is 4.87. The van der Waals surface area contributed by atoms with Crippen LogP contribution in [0.2, 0.25) is 0 Å². The molecule has 0 saturated carbocycles. The summed E-state index contributed by atoms with van der Waals surface area (Å²) in [4.78, 5) is 22.6. The van der Waals surface area contributed by atoms with Crippen LogP contribution in [0.5, 0.6) is 0 Å². The molecular weight excluding hydrogens is 504 g/mol. The van der Waals surface area contributed by atoms with Crippen LogP contribution < -0.4 is 4.90 Å². The largest absolute Gasteiger partial charge is 0.309 e. The number of benzene rings is 2. The molecule has 0 N–H and O–H groups in total. The van der Waals surface area contributed by atoms with Crippen molar-refractivity contribution in [3.63, 3.8) is 0 Å². The molecule has 4 rings (SSSR count). The van der Waals surface area contributed by atoms with E-state index in [4.69, 9.17) is 4.98 Å². The molecule has 2 heterocycles. The Morgan fingerprint density at radius 2 is 1.78 bits per heavy atom. The van der Waals surface area contributed by atoms with Gasteiger partial charge in [0, 0.05) is 24.7 Å². The van der Waals surface area contributed by atoms with Crippen LogP contribution in [0.4, 0.5) is 5.13 Å². The molecule has 0 radical (unpaired) electrons. The zero-order chi connectivity index (χ0) is 26.7. The summed E-state index contributed by atoms with van der Waals surface area (Å²) in [6.07, 6.45) is 4.45. The Bertz CT molecular complexity index is 1310. The second-order valence-electron chi connectivity index (χ2n) is 10.2. The average molecular weight is 543 g/mol. The highest BCUT2D eigenvalue weighted by molar-refractivity contribution is 7.89. The van der Waals surface area contributed by atoms with Gasteiger partial charge in [0.1, 0.15) is 0 Å². The zero-order valence-corrected chi connectivity index (χ0v) is 24.2. The Hall–Kier alpha value is -2.33. The first-order valence-electron chi connectivity index (χ1n) is 13.1. The van der Waals surface area contributed by atoms with Crippen molar-refractivity contribution in [3.05, 3.63) is 53.1 Å². The van der Waals surface area contributed by atoms with Gasteiger partial charge in [0.25, 0.3) is 5.91 Å². The number of hydrogen-bond donors (Lipinski definition) is 0. The lowest BCUT2D eigenvalue weighted by atomic mass is 10.0. The predicted molar refractivity (Wildman–Crippen MR) is 152 cm³/mol. The third-order valence-electron chi connectivity index (χ3n) is 7.21. The second-order valence-corrected chi connectivity index (χ2v) is 13.1. The third-order valence-corrected chi connectivity index (χ3v) is 10.2. The third kappa shape index (κ3) is 6.06. The van der Waals surface area contributed by atoms with Gasteiger partial charge in [-0.25, -0.2) is 13.4 Å². The average Bonchev–Trinajstić information content (AvgIpc) is 3.28. The van der Waals surface area contributed by atoms with Crippen LogP contribution in [-0.2, 0) is 10.0 Å². The van der Waals surface area contributed by atoms with Crippen LogP contribution in [0, 0.1) is 13.8 Å². The molecule has 0 aliphatic carbocycles. The highest BCUT2D eigenvalue weighted by Crippen LogP contribution is 2.32. The molecule has 1 atom stereocenters. The summed E-state index contributed by atoms with van der Waals surface area (Å²) >= 11 is 1.52. The number of nitrogens with zero attached hydrogens (tertiary/aromatic N) is 4. The Balaban J connectivity index is 1.62. The lowest BCUT2D eigenvalue weighted by Crippen LogP contribution is -2.43. The highest BCUT2D eigenvalue weighted by atomic mass is 32.2. The number of sulfonamides is 1. The fourth-order valence-corrected chi connectivity index (χ4v) is 7.71. The number of carbonyl (C=O) groups is 1. The zero-order valence-electron chi connectivity index (χ0n) is 22.5. The Labute approximate surface area is 225 Å². The number of aryl methyl sites for hydroxylation is 2. The number of piperidine rings is 1. The first kappa shape index (κ1) is 27.7. The van der Waals surface area contributed by atoms with E-state index in [9.17, 15) is 13.2 Å². The number of anilines is 1. The quantitative estimate of drug-likeness (QED) is 0.359. The summed E-state index contributed by atoms with van der Waals surface area (Å²) in [7, 11) is 0.433. The van der Waals surface area contributed by atoms with Gasteiger partial charge in [0.15, 0.2) is 5.13 Å². The highest BCUT2D eigenvalue weighted by Gasteiger charge is 2.32. The van der Waals surface area contributed by atoms with E-state index in [1.807, 2.05) is 21.0 Å². The van der Waals surface area contributed by atoms with Crippen molar-refractivity contribution in [3.8, 4) is 0 Å². The van der Waals surface area contributed by atoms with Gasteiger partial charge in [-0.1, -0.05) is 24.7 Å². The number of fused-ring (bicyclic) bond motifs is 1. The monoisotopic (exact) mass is 542 g/mol. The van der Waals surface area contributed by atoms with Crippen molar-refractivity contribution in [2.75, 3.05) is 38.6 Å². The lowest BCUT2D eigenvalue weighted by molar-refractivity contribution is 0.0986. The summed E-state index contributed by atoms with van der Waals surface area (Å²) in [6.45, 7) is 8.11. The molecule has 7 nitrogen and oxygen atoms in total. The number of rotatable bonds is 9. The summed E-state index contributed by atoms with van der Waals surface area (Å²) in [5, 5.41) is 0.666. The molecule has 0 bridgehead atoms. The Morgan fingerprint density at radius 3 is 2.46 bits per heavy atom. The maximum atomic E-state index is 13.7. The van der Waals surface area contributed by atoms with Crippen LogP contribution >= 0.6 is 11.3 Å². The molecule has 200 valence electrons. The molecule has 1 fully saturated rings. The predicted octanol–water partition coefficient (Wildman–Crippen LogP) is 5.46. The molecule has 2 aromatic carbocycles. The molecule has 0 spiro atoms. The first-order chi connectivity index (χ1) is 17.6. The van der Waals surface area contributed by atoms with E-state index >= 15 is 0 Å². The van der Waals surface area contributed by atoms with E-state index in [1.54, 1.807) is 33.5 Å². The number of hydrogen-bond acceptors (Lipinski definition) is 6. The smallest absolute Gasteiger partial charge is 0.260 e. The van der Waals surface area contributed by atoms with Gasteiger partial charge < -0.3 is 4.90 Å². The molecule has 3 aromatic rings. The van der Waals surface area contributed by atoms with Gasteiger partial charge in [-0.05, 0) is 108 Å². The molecule has 1 saturated heterocycles. The van der Waals surface area contributed by atoms with E-state index in [0.717, 1.165) is 48.9 Å². The first-order valence-corrected chi connectivity index (χ1v) is 15.3. The van der Waals surface area contributed by atoms with Gasteiger partial charge in [0.2, 0.25) is 10.0 Å². The topological polar surface area (TPSA) is 73.8 Å². The number of amides is 1. The SMILES string of the molecule is CCC1CCCCN1S(=O)(=O)c1ccc(C(=O)N(CCCN(C)C)c2nc3cc(C)c(C)cc3s2)cc1. The van der Waals surface area contributed by atoms with Crippen molar-refractivity contribution < 1.29 is 13.2 Å². The van der Waals surface area contributed by atoms with Crippen LogP contribution in [0.15, 0.2) is 41.3 Å². The minimum Gasteiger partial charge on any atom is -0.309 e. The molecule has 1 amide bonds. The molecule has 1 aliphatic heterocycles. The summed E-state index contributed by atoms with van der Waals surface area (Å²) in [6, 6.07) is 10.7. The second kappa shape index (κ2) is 11.6. The van der Waals surface area contributed by atoms with Crippen LogP contribution in [0.25, 0.3) is 10.2 Å². The lowest BCUT2D eigenvalue weighted by Gasteiger charge is -2.34. The van der Waals surface area contributed by atoms with E-state index < -0.39 is 10.0 Å². The van der Waals surface area contributed by atoms with Crippen molar-refractivity contribution in [1.82, 2.24) is 14.2 Å². The van der Waals surface area contributed by atoms with E-state index in [2.05, 4.69) is 30.9 Å². The van der Waals surface area contributed by atoms with Crippen LogP contribution in [0.1, 0.15) is 60.5 Å². The van der Waals surface area contributed by atoms with Gasteiger partial charge >= 0.3 is 0 Å². The minimum absolute atomic E-state index is 0.0403. The van der Waals surface area contributed by atoms with Crippen molar-refractivity contribution in [2.45, 2.75) is 63.8 Å². The van der Waals surface area contributed by atoms with Crippen LogP contribution in [0.3, 0.4) is 0 Å². The number of aromatic nitrogens is 1. The Kier molecular flexibility index (Phi) is 8.68. The number of thiazole rings is 1. The standard InChI is InChI=1S/C28H38N4O3S2/c1-6-23-10-7-8-17-32(23)37(34,35)24-13-11-22(12-14-24)27(33)31(16-9-15-30(4)5)28-29-25-18-20(2)21(3)19-26(25)36-28/h11-14,18-19,23H,6-10,15-17H2,1-5H3. The Morgan fingerprint density at radius 1 is 1.08 bits per heavy atom. The van der Waals surface area contributed by atoms with E-state index in [0.29, 0.717) is 23.8 Å². The van der Waals surface area contributed by atoms with Gasteiger partial charge in [-0.15, -0.1) is 0 Å². The van der Waals surface area contributed by atoms with E-state index in [-0.39, 0.29) is 16.8 Å². The molecule has 37 heavy (non-hydrogen) atoms. The van der Waals surface area contributed by atoms with Gasteiger partial charge in [0.05, 0.1) is 15.1 Å². The summed E-state index contributed by atoms with van der Waals surface area (Å²) in [5.74, 6) is -0.167. The summed E-state index contributed by atoms with van der Waals surface area (Å²) < 4.78 is 29.4. The van der Waals surface area contributed by atoms with Crippen LogP contribution in [-0.4, -0.2) is 68.3 Å². The van der Waals surface area contributed by atoms with E-state index in [1.165, 1.54) is 22.5 Å². The molecule has 1 aliphatic rings. The maximum Gasteiger partial charge on any atom is 0.260 e. The summed E-state index contributed by atoms with van der Waals surface area (Å²) in [5.41, 5.74) is 3.72. The van der Waals surface area contributed by atoms with Crippen molar-refractivity contribution in [2.24, 2.45) is 0 Å². The normalized spacial score (nSPS) is 17.0.